The number of hydrogen-bond donors (Lipinski definition) is 1. The van der Waals surface area contributed by atoms with Gasteiger partial charge in [-0.2, -0.15) is 0 Å². The Morgan fingerprint density at radius 1 is 1.31 bits per heavy atom. The summed E-state index contributed by atoms with van der Waals surface area (Å²) in [5.41, 5.74) is 2.56. The van der Waals surface area contributed by atoms with Crippen molar-refractivity contribution >= 4 is 0 Å². The van der Waals surface area contributed by atoms with Crippen LogP contribution in [0.1, 0.15) is 31.7 Å². The van der Waals surface area contributed by atoms with Gasteiger partial charge in [-0.25, -0.2) is 0 Å². The standard InChI is InChI=1S/C15H21N/c1-12-7-6-10-15(12)13(2)16-11-14-8-4-3-5-9-14/h3-5,8-9,12,15-16H,2,6-7,10-11H2,1H3. The molecule has 1 fully saturated rings. The molecular formula is C15H21N. The third-order valence-electron chi connectivity index (χ3n) is 3.67. The first-order valence-electron chi connectivity index (χ1n) is 6.24. The minimum Gasteiger partial charge on any atom is -0.385 e. The first-order chi connectivity index (χ1) is 7.77. The fourth-order valence-corrected chi connectivity index (χ4v) is 2.61. The van der Waals surface area contributed by atoms with Crippen molar-refractivity contribution in [3.05, 3.63) is 48.2 Å². The third kappa shape index (κ3) is 2.66. The Labute approximate surface area is 98.6 Å². The largest absolute Gasteiger partial charge is 0.385 e. The monoisotopic (exact) mass is 215 g/mol. The van der Waals surface area contributed by atoms with Crippen LogP contribution in [0, 0.1) is 11.8 Å². The Morgan fingerprint density at radius 2 is 2.06 bits per heavy atom. The molecule has 0 radical (unpaired) electrons. The zero-order valence-corrected chi connectivity index (χ0v) is 10.1. The lowest BCUT2D eigenvalue weighted by molar-refractivity contribution is 0.453. The van der Waals surface area contributed by atoms with Gasteiger partial charge in [-0.05, 0) is 17.9 Å². The fourth-order valence-electron chi connectivity index (χ4n) is 2.61. The lowest BCUT2D eigenvalue weighted by atomic mass is 9.95. The number of hydrogen-bond acceptors (Lipinski definition) is 1. The average Bonchev–Trinajstić information content (AvgIpc) is 2.74. The summed E-state index contributed by atoms with van der Waals surface area (Å²) in [5.74, 6) is 1.49. The molecule has 0 saturated heterocycles. The van der Waals surface area contributed by atoms with Gasteiger partial charge in [0.05, 0.1) is 0 Å². The van der Waals surface area contributed by atoms with Gasteiger partial charge in [0.2, 0.25) is 0 Å². The number of rotatable bonds is 4. The molecule has 1 aliphatic carbocycles. The topological polar surface area (TPSA) is 12.0 Å². The summed E-state index contributed by atoms with van der Waals surface area (Å²) in [4.78, 5) is 0. The van der Waals surface area contributed by atoms with E-state index in [9.17, 15) is 0 Å². The van der Waals surface area contributed by atoms with Gasteiger partial charge >= 0.3 is 0 Å². The summed E-state index contributed by atoms with van der Waals surface area (Å²) in [5, 5.41) is 3.48. The van der Waals surface area contributed by atoms with E-state index in [0.29, 0.717) is 5.92 Å². The van der Waals surface area contributed by atoms with Crippen LogP contribution in [0.25, 0.3) is 0 Å². The Balaban J connectivity index is 1.84. The van der Waals surface area contributed by atoms with E-state index in [1.807, 2.05) is 0 Å². The number of benzene rings is 1. The Morgan fingerprint density at radius 3 is 2.69 bits per heavy atom. The summed E-state index contributed by atoms with van der Waals surface area (Å²) < 4.78 is 0. The zero-order valence-electron chi connectivity index (χ0n) is 10.1. The molecule has 1 saturated carbocycles. The highest BCUT2D eigenvalue weighted by Gasteiger charge is 2.25. The van der Waals surface area contributed by atoms with Crippen molar-refractivity contribution in [1.29, 1.82) is 0 Å². The molecular weight excluding hydrogens is 194 g/mol. The van der Waals surface area contributed by atoms with Crippen LogP contribution in [-0.2, 0) is 6.54 Å². The second-order valence-electron chi connectivity index (χ2n) is 4.88. The molecule has 0 spiro atoms. The van der Waals surface area contributed by atoms with Crippen LogP contribution in [0.15, 0.2) is 42.6 Å². The molecule has 1 N–H and O–H groups in total. The van der Waals surface area contributed by atoms with Gasteiger partial charge in [0, 0.05) is 18.2 Å². The van der Waals surface area contributed by atoms with Crippen LogP contribution < -0.4 is 5.32 Å². The van der Waals surface area contributed by atoms with Crippen molar-refractivity contribution in [1.82, 2.24) is 5.32 Å². The lowest BCUT2D eigenvalue weighted by Gasteiger charge is -2.20. The molecule has 16 heavy (non-hydrogen) atoms. The molecule has 2 unspecified atom stereocenters. The van der Waals surface area contributed by atoms with Gasteiger partial charge in [0.1, 0.15) is 0 Å². The van der Waals surface area contributed by atoms with Crippen molar-refractivity contribution < 1.29 is 0 Å². The van der Waals surface area contributed by atoms with E-state index >= 15 is 0 Å². The molecule has 1 aromatic rings. The van der Waals surface area contributed by atoms with E-state index in [4.69, 9.17) is 0 Å². The highest BCUT2D eigenvalue weighted by Crippen LogP contribution is 2.34. The summed E-state index contributed by atoms with van der Waals surface area (Å²) >= 11 is 0. The first-order valence-corrected chi connectivity index (χ1v) is 6.24. The summed E-state index contributed by atoms with van der Waals surface area (Å²) in [6.07, 6.45) is 4.02. The molecule has 1 aromatic carbocycles. The molecule has 86 valence electrons. The van der Waals surface area contributed by atoms with Crippen LogP contribution in [-0.4, -0.2) is 0 Å². The van der Waals surface area contributed by atoms with E-state index in [1.54, 1.807) is 0 Å². The highest BCUT2D eigenvalue weighted by molar-refractivity contribution is 5.15. The van der Waals surface area contributed by atoms with Gasteiger partial charge in [-0.3, -0.25) is 0 Å². The summed E-state index contributed by atoms with van der Waals surface area (Å²) in [6.45, 7) is 7.44. The minimum absolute atomic E-state index is 0.684. The zero-order chi connectivity index (χ0) is 11.4. The fraction of sp³-hybridized carbons (Fsp3) is 0.467. The average molecular weight is 215 g/mol. The molecule has 0 heterocycles. The van der Waals surface area contributed by atoms with Gasteiger partial charge in [0.15, 0.2) is 0 Å². The van der Waals surface area contributed by atoms with Crippen LogP contribution in [0.5, 0.6) is 0 Å². The predicted octanol–water partition coefficient (Wildman–Crippen LogP) is 3.73. The Kier molecular flexibility index (Phi) is 3.66. The minimum atomic E-state index is 0.684. The smallest absolute Gasteiger partial charge is 0.0397 e. The van der Waals surface area contributed by atoms with E-state index < -0.39 is 0 Å². The molecule has 1 aliphatic rings. The Hall–Kier alpha value is -1.24. The maximum Gasteiger partial charge on any atom is 0.0397 e. The normalized spacial score (nSPS) is 24.3. The van der Waals surface area contributed by atoms with Gasteiger partial charge in [-0.15, -0.1) is 0 Å². The highest BCUT2D eigenvalue weighted by atomic mass is 14.9. The molecule has 1 nitrogen and oxygen atoms in total. The van der Waals surface area contributed by atoms with Crippen molar-refractivity contribution in [2.24, 2.45) is 11.8 Å². The maximum absolute atomic E-state index is 4.19. The molecule has 2 rings (SSSR count). The third-order valence-corrected chi connectivity index (χ3v) is 3.67. The lowest BCUT2D eigenvalue weighted by Crippen LogP contribution is -2.20. The molecule has 0 amide bonds. The molecule has 1 heteroatoms. The number of nitrogens with one attached hydrogen (secondary N) is 1. The SMILES string of the molecule is C=C(NCc1ccccc1)C1CCCC1C. The van der Waals surface area contributed by atoms with Crippen LogP contribution in [0.4, 0.5) is 0 Å². The predicted molar refractivity (Wildman–Crippen MR) is 68.9 cm³/mol. The molecule has 0 bridgehead atoms. The van der Waals surface area contributed by atoms with Crippen molar-refractivity contribution in [3.63, 3.8) is 0 Å². The summed E-state index contributed by atoms with van der Waals surface area (Å²) in [6, 6.07) is 10.5. The quantitative estimate of drug-likeness (QED) is 0.807. The van der Waals surface area contributed by atoms with Crippen LogP contribution in [0.3, 0.4) is 0 Å². The van der Waals surface area contributed by atoms with E-state index in [1.165, 1.54) is 30.5 Å². The van der Waals surface area contributed by atoms with E-state index in [-0.39, 0.29) is 0 Å². The Bertz CT molecular complexity index is 342. The second kappa shape index (κ2) is 5.20. The van der Waals surface area contributed by atoms with E-state index in [2.05, 4.69) is 49.2 Å². The molecule has 0 aliphatic heterocycles. The van der Waals surface area contributed by atoms with Crippen molar-refractivity contribution in [2.45, 2.75) is 32.7 Å². The van der Waals surface area contributed by atoms with Crippen LogP contribution in [0.2, 0.25) is 0 Å². The molecule has 2 atom stereocenters. The first kappa shape index (κ1) is 11.3. The maximum atomic E-state index is 4.19. The van der Waals surface area contributed by atoms with Gasteiger partial charge < -0.3 is 5.32 Å². The van der Waals surface area contributed by atoms with Gasteiger partial charge in [0.25, 0.3) is 0 Å². The van der Waals surface area contributed by atoms with Crippen molar-refractivity contribution in [3.8, 4) is 0 Å². The number of allylic oxidation sites excluding steroid dienone is 1. The molecule has 0 aromatic heterocycles. The van der Waals surface area contributed by atoms with Crippen molar-refractivity contribution in [2.75, 3.05) is 0 Å². The van der Waals surface area contributed by atoms with E-state index in [0.717, 1.165) is 12.5 Å². The van der Waals surface area contributed by atoms with Crippen LogP contribution >= 0.6 is 0 Å². The van der Waals surface area contributed by atoms with Gasteiger partial charge in [-0.1, -0.05) is 56.7 Å². The summed E-state index contributed by atoms with van der Waals surface area (Å²) in [7, 11) is 0. The second-order valence-corrected chi connectivity index (χ2v) is 4.88.